The number of aryl methyl sites for hydroxylation is 2. The van der Waals surface area contributed by atoms with Crippen LogP contribution in [0.1, 0.15) is 53.5 Å². The lowest BCUT2D eigenvalue weighted by molar-refractivity contribution is 0.112. The van der Waals surface area contributed by atoms with E-state index in [9.17, 15) is 14.0 Å². The van der Waals surface area contributed by atoms with Crippen LogP contribution in [0.5, 0.6) is 5.75 Å². The van der Waals surface area contributed by atoms with Gasteiger partial charge in [-0.05, 0) is 55.8 Å². The van der Waals surface area contributed by atoms with Crippen molar-refractivity contribution in [1.29, 1.82) is 0 Å². The number of ether oxygens (including phenoxy) is 1. The van der Waals surface area contributed by atoms with E-state index in [1.807, 2.05) is 87.1 Å². The minimum Gasteiger partial charge on any atom is -0.483 e. The predicted molar refractivity (Wildman–Crippen MR) is 171 cm³/mol. The molecule has 0 unspecified atom stereocenters. The highest BCUT2D eigenvalue weighted by atomic mass is 19.1. The van der Waals surface area contributed by atoms with E-state index in [2.05, 4.69) is 15.2 Å². The molecule has 1 saturated heterocycles. The number of aromatic nitrogens is 4. The van der Waals surface area contributed by atoms with Crippen molar-refractivity contribution >= 4 is 17.8 Å². The fraction of sp³-hybridized carbons (Fsp3) is 0.294. The van der Waals surface area contributed by atoms with Gasteiger partial charge in [0.1, 0.15) is 18.2 Å². The monoisotopic (exact) mass is 598 g/mol. The van der Waals surface area contributed by atoms with Crippen LogP contribution in [0.25, 0.3) is 5.65 Å². The molecule has 1 aliphatic heterocycles. The van der Waals surface area contributed by atoms with Crippen molar-refractivity contribution in [2.45, 2.75) is 45.9 Å². The Morgan fingerprint density at radius 3 is 2.55 bits per heavy atom. The summed E-state index contributed by atoms with van der Waals surface area (Å²) in [5.74, 6) is 0.871. The number of benzene rings is 2. The molecule has 1 fully saturated rings. The van der Waals surface area contributed by atoms with Crippen LogP contribution in [0, 0.1) is 12.7 Å². The third-order valence-corrected chi connectivity index (χ3v) is 7.27. The average molecular weight is 599 g/mol. The van der Waals surface area contributed by atoms with E-state index >= 15 is 0 Å². The van der Waals surface area contributed by atoms with Crippen molar-refractivity contribution in [3.63, 3.8) is 0 Å². The van der Waals surface area contributed by atoms with Crippen molar-refractivity contribution in [2.24, 2.45) is 7.05 Å². The standard InChI is InChI=1S/C18H20FN5.C14H13NO3.C2H6/c1-12-10-21-17-6-7-18(22-24(12)17)23-11-15(20-2)9-16(23)13-4-3-5-14(19)8-13;1-15-7-12(9-16)14(17)13(8-15)18-10-11-5-3-2-4-6-11;1-2/h3-8,10,15-16,20H,9,11H2,1-2H3;2-9H,10H2,1H3;1-2H3/t15-,16+;;/m0../s1. The van der Waals surface area contributed by atoms with Gasteiger partial charge in [0.05, 0.1) is 23.5 Å². The number of nitrogens with zero attached hydrogens (tertiary/aromatic N) is 5. The number of carbonyl (C=O) groups is 1. The fourth-order valence-corrected chi connectivity index (χ4v) is 5.08. The van der Waals surface area contributed by atoms with Gasteiger partial charge in [-0.3, -0.25) is 9.59 Å². The molecule has 1 N–H and O–H groups in total. The van der Waals surface area contributed by atoms with Crippen molar-refractivity contribution in [3.8, 4) is 5.75 Å². The number of hydrogen-bond donors (Lipinski definition) is 1. The van der Waals surface area contributed by atoms with Gasteiger partial charge < -0.3 is 19.5 Å². The Bertz CT molecular complexity index is 1740. The average Bonchev–Trinajstić information content (AvgIpc) is 3.66. The smallest absolute Gasteiger partial charge is 0.233 e. The number of likely N-dealkylation sites (N-methyl/N-ethyl adjacent to an activating group) is 1. The number of rotatable bonds is 7. The molecule has 0 saturated carbocycles. The fourth-order valence-electron chi connectivity index (χ4n) is 5.08. The van der Waals surface area contributed by atoms with E-state index in [0.717, 1.165) is 41.3 Å². The summed E-state index contributed by atoms with van der Waals surface area (Å²) in [4.78, 5) is 29.1. The van der Waals surface area contributed by atoms with Crippen LogP contribution in [0.15, 0.2) is 90.1 Å². The highest BCUT2D eigenvalue weighted by molar-refractivity contribution is 5.74. The van der Waals surface area contributed by atoms with E-state index < -0.39 is 0 Å². The van der Waals surface area contributed by atoms with Crippen molar-refractivity contribution in [1.82, 2.24) is 24.5 Å². The first-order valence-corrected chi connectivity index (χ1v) is 14.7. The van der Waals surface area contributed by atoms with Gasteiger partial charge in [-0.2, -0.15) is 0 Å². The summed E-state index contributed by atoms with van der Waals surface area (Å²) in [6, 6.07) is 20.8. The van der Waals surface area contributed by atoms with Crippen LogP contribution in [0.3, 0.4) is 0 Å². The van der Waals surface area contributed by atoms with Gasteiger partial charge in [0.25, 0.3) is 0 Å². The number of anilines is 1. The zero-order chi connectivity index (χ0) is 31.6. The summed E-state index contributed by atoms with van der Waals surface area (Å²) in [7, 11) is 3.70. The van der Waals surface area contributed by atoms with Gasteiger partial charge in [-0.15, -0.1) is 5.10 Å². The van der Waals surface area contributed by atoms with E-state index in [0.29, 0.717) is 18.9 Å². The van der Waals surface area contributed by atoms with Crippen molar-refractivity contribution in [3.05, 3.63) is 124 Å². The van der Waals surface area contributed by atoms with E-state index in [4.69, 9.17) is 9.84 Å². The SMILES string of the molecule is CC.CN[C@H]1C[C@H](c2cccc(F)c2)N(c2ccc3ncc(C)n3n2)C1.Cn1cc(C=O)c(=O)c(OCc2ccccc2)c1. The van der Waals surface area contributed by atoms with E-state index in [1.165, 1.54) is 12.3 Å². The number of carbonyl (C=O) groups excluding carboxylic acids is 1. The Morgan fingerprint density at radius 2 is 1.84 bits per heavy atom. The van der Waals surface area contributed by atoms with E-state index in [1.54, 1.807) is 29.9 Å². The van der Waals surface area contributed by atoms with Gasteiger partial charge in [0.2, 0.25) is 5.43 Å². The van der Waals surface area contributed by atoms with Crippen molar-refractivity contribution in [2.75, 3.05) is 18.5 Å². The molecular formula is C34H39FN6O3. The predicted octanol–water partition coefficient (Wildman–Crippen LogP) is 5.52. The summed E-state index contributed by atoms with van der Waals surface area (Å²) in [5, 5.41) is 8.08. The maximum atomic E-state index is 13.7. The Kier molecular flexibility index (Phi) is 11.0. The van der Waals surface area contributed by atoms with Crippen LogP contribution in [0.2, 0.25) is 0 Å². The van der Waals surface area contributed by atoms with E-state index in [-0.39, 0.29) is 28.6 Å². The number of imidazole rings is 1. The number of aldehydes is 1. The van der Waals surface area contributed by atoms with Crippen LogP contribution in [-0.4, -0.2) is 45.1 Å². The minimum atomic E-state index is -0.376. The second kappa shape index (κ2) is 15.1. The first-order valence-electron chi connectivity index (χ1n) is 14.7. The Balaban J connectivity index is 0.000000198. The molecule has 0 amide bonds. The molecule has 3 aromatic heterocycles. The molecule has 4 heterocycles. The first-order chi connectivity index (χ1) is 21.4. The highest BCUT2D eigenvalue weighted by Crippen LogP contribution is 2.35. The van der Waals surface area contributed by atoms with Gasteiger partial charge in [-0.1, -0.05) is 56.3 Å². The molecule has 44 heavy (non-hydrogen) atoms. The number of pyridine rings is 1. The molecule has 2 atom stereocenters. The van der Waals surface area contributed by atoms with Gasteiger partial charge in [0.15, 0.2) is 17.7 Å². The molecule has 0 spiro atoms. The zero-order valence-electron chi connectivity index (χ0n) is 25.8. The minimum absolute atomic E-state index is 0.100. The largest absolute Gasteiger partial charge is 0.483 e. The lowest BCUT2D eigenvalue weighted by Crippen LogP contribution is -2.30. The number of nitrogens with one attached hydrogen (secondary N) is 1. The molecule has 0 bridgehead atoms. The first kappa shape index (κ1) is 32.1. The molecule has 1 aliphatic rings. The molecule has 2 aromatic carbocycles. The number of fused-ring (bicyclic) bond motifs is 1. The summed E-state index contributed by atoms with van der Waals surface area (Å²) in [6.07, 6.45) is 6.32. The number of hydrogen-bond acceptors (Lipinski definition) is 7. The lowest BCUT2D eigenvalue weighted by Gasteiger charge is -2.26. The normalized spacial score (nSPS) is 15.6. The summed E-state index contributed by atoms with van der Waals surface area (Å²) in [6.45, 7) is 7.13. The topological polar surface area (TPSA) is 93.8 Å². The Labute approximate surface area is 256 Å². The van der Waals surface area contributed by atoms with Gasteiger partial charge >= 0.3 is 0 Å². The Morgan fingerprint density at radius 1 is 1.07 bits per heavy atom. The molecule has 9 nitrogen and oxygen atoms in total. The molecule has 0 radical (unpaired) electrons. The van der Waals surface area contributed by atoms with Crippen LogP contribution >= 0.6 is 0 Å². The lowest BCUT2D eigenvalue weighted by atomic mass is 10.0. The van der Waals surface area contributed by atoms with Crippen LogP contribution < -0.4 is 20.4 Å². The summed E-state index contributed by atoms with van der Waals surface area (Å²) >= 11 is 0. The summed E-state index contributed by atoms with van der Waals surface area (Å²) < 4.78 is 22.6. The highest BCUT2D eigenvalue weighted by Gasteiger charge is 2.33. The molecular weight excluding hydrogens is 559 g/mol. The van der Waals surface area contributed by atoms with Crippen molar-refractivity contribution < 1.29 is 13.9 Å². The van der Waals surface area contributed by atoms with Crippen LogP contribution in [0.4, 0.5) is 10.2 Å². The molecule has 0 aliphatic carbocycles. The maximum absolute atomic E-state index is 13.7. The second-order valence-corrected chi connectivity index (χ2v) is 10.3. The second-order valence-electron chi connectivity index (χ2n) is 10.3. The Hall–Kier alpha value is -4.83. The summed E-state index contributed by atoms with van der Waals surface area (Å²) in [5.41, 5.74) is 3.51. The van der Waals surface area contributed by atoms with Gasteiger partial charge in [0, 0.05) is 32.0 Å². The molecule has 230 valence electrons. The third-order valence-electron chi connectivity index (χ3n) is 7.27. The molecule has 10 heteroatoms. The molecule has 6 rings (SSSR count). The number of halogens is 1. The third kappa shape index (κ3) is 7.57. The maximum Gasteiger partial charge on any atom is 0.233 e. The van der Waals surface area contributed by atoms with Gasteiger partial charge in [-0.25, -0.2) is 13.9 Å². The quantitative estimate of drug-likeness (QED) is 0.247. The zero-order valence-corrected chi connectivity index (χ0v) is 25.8. The molecule has 5 aromatic rings. The van der Waals surface area contributed by atoms with Crippen LogP contribution in [-0.2, 0) is 13.7 Å².